The topological polar surface area (TPSA) is 44.4 Å². The third-order valence-corrected chi connectivity index (χ3v) is 6.20. The number of rotatable bonds is 3. The zero-order chi connectivity index (χ0) is 20.1. The lowest BCUT2D eigenvalue weighted by Gasteiger charge is -2.25. The predicted octanol–water partition coefficient (Wildman–Crippen LogP) is 2.88. The van der Waals surface area contributed by atoms with E-state index in [0.29, 0.717) is 13.1 Å². The van der Waals surface area contributed by atoms with Crippen LogP contribution in [0.4, 0.5) is 27.6 Å². The van der Waals surface area contributed by atoms with Gasteiger partial charge < -0.3 is 15.5 Å². The molecule has 9 heteroatoms. The SMILES string of the molecule is O=C(N[C@H]1CC[C@@H]2CN(c3cccc(C(F)(F)F)c3F)C[C@@H]21)[C@@H]1C[C@@H](F)CN1. The van der Waals surface area contributed by atoms with Gasteiger partial charge in [-0.25, -0.2) is 8.78 Å². The second kappa shape index (κ2) is 7.17. The fraction of sp³-hybridized carbons (Fsp3) is 0.632. The Morgan fingerprint density at radius 2 is 2.00 bits per heavy atom. The number of carbonyl (C=O) groups excluding carboxylic acids is 1. The van der Waals surface area contributed by atoms with E-state index in [9.17, 15) is 26.7 Å². The molecule has 3 fully saturated rings. The molecule has 3 aliphatic rings. The van der Waals surface area contributed by atoms with Crippen LogP contribution in [0, 0.1) is 17.7 Å². The van der Waals surface area contributed by atoms with Crippen molar-refractivity contribution in [3.8, 4) is 0 Å². The molecule has 2 saturated heterocycles. The summed E-state index contributed by atoms with van der Waals surface area (Å²) in [7, 11) is 0. The number of amides is 1. The van der Waals surface area contributed by atoms with Gasteiger partial charge in [0.1, 0.15) is 6.17 Å². The van der Waals surface area contributed by atoms with E-state index in [2.05, 4.69) is 10.6 Å². The van der Waals surface area contributed by atoms with Gasteiger partial charge in [0.25, 0.3) is 0 Å². The number of nitrogens with one attached hydrogen (secondary N) is 2. The van der Waals surface area contributed by atoms with Gasteiger partial charge in [0.15, 0.2) is 5.82 Å². The van der Waals surface area contributed by atoms with Gasteiger partial charge in [0, 0.05) is 38.0 Å². The van der Waals surface area contributed by atoms with Gasteiger partial charge in [-0.2, -0.15) is 13.2 Å². The van der Waals surface area contributed by atoms with Crippen LogP contribution >= 0.6 is 0 Å². The Labute approximate surface area is 159 Å². The van der Waals surface area contributed by atoms with Gasteiger partial charge in [-0.15, -0.1) is 0 Å². The molecular weight excluding hydrogens is 381 g/mol. The van der Waals surface area contributed by atoms with Crippen LogP contribution in [-0.2, 0) is 11.0 Å². The molecule has 0 bridgehead atoms. The van der Waals surface area contributed by atoms with Crippen molar-refractivity contribution in [2.75, 3.05) is 24.5 Å². The lowest BCUT2D eigenvalue weighted by Crippen LogP contribution is -2.47. The Hall–Kier alpha value is -1.90. The summed E-state index contributed by atoms with van der Waals surface area (Å²) in [5.74, 6) is -1.26. The minimum absolute atomic E-state index is 0.0421. The summed E-state index contributed by atoms with van der Waals surface area (Å²) in [4.78, 5) is 14.0. The molecule has 1 aromatic carbocycles. The zero-order valence-electron chi connectivity index (χ0n) is 15.1. The molecule has 2 aliphatic heterocycles. The second-order valence-corrected chi connectivity index (χ2v) is 7.95. The molecule has 4 rings (SSSR count). The lowest BCUT2D eigenvalue weighted by molar-refractivity contribution is -0.139. The Balaban J connectivity index is 1.45. The Bertz CT molecular complexity index is 756. The maximum Gasteiger partial charge on any atom is 0.419 e. The third-order valence-electron chi connectivity index (χ3n) is 6.20. The summed E-state index contributed by atoms with van der Waals surface area (Å²) in [5.41, 5.74) is -1.31. The first-order valence-corrected chi connectivity index (χ1v) is 9.52. The van der Waals surface area contributed by atoms with E-state index in [1.807, 2.05) is 0 Å². The quantitative estimate of drug-likeness (QED) is 0.763. The first-order valence-electron chi connectivity index (χ1n) is 9.52. The third kappa shape index (κ3) is 3.56. The van der Waals surface area contributed by atoms with E-state index in [-0.39, 0.29) is 42.4 Å². The first-order chi connectivity index (χ1) is 13.2. The standard InChI is InChI=1S/C19H22F5N3O/c20-11-6-15(25-7-11)18(28)26-14-5-4-10-8-27(9-12(10)14)16-3-1-2-13(17(16)21)19(22,23)24/h1-3,10-12,14-15,25H,4-9H2,(H,26,28)/t10-,11-,12+,14+,15+/m1/s1. The van der Waals surface area contributed by atoms with E-state index >= 15 is 0 Å². The molecule has 1 aromatic rings. The monoisotopic (exact) mass is 403 g/mol. The molecule has 154 valence electrons. The average molecular weight is 403 g/mol. The number of benzene rings is 1. The van der Waals surface area contributed by atoms with Crippen molar-refractivity contribution >= 4 is 11.6 Å². The zero-order valence-corrected chi connectivity index (χ0v) is 15.1. The minimum atomic E-state index is -4.74. The number of halogens is 5. The van der Waals surface area contributed by atoms with Gasteiger partial charge in [0.2, 0.25) is 5.91 Å². The van der Waals surface area contributed by atoms with Crippen molar-refractivity contribution in [1.82, 2.24) is 10.6 Å². The normalized spacial score (nSPS) is 32.6. The number of hydrogen-bond donors (Lipinski definition) is 2. The summed E-state index contributed by atoms with van der Waals surface area (Å²) < 4.78 is 66.7. The summed E-state index contributed by atoms with van der Waals surface area (Å²) in [6, 6.07) is 2.65. The van der Waals surface area contributed by atoms with Crippen molar-refractivity contribution in [2.24, 2.45) is 11.8 Å². The van der Waals surface area contributed by atoms with Gasteiger partial charge in [0.05, 0.1) is 17.3 Å². The predicted molar refractivity (Wildman–Crippen MR) is 93.1 cm³/mol. The molecule has 0 aromatic heterocycles. The Morgan fingerprint density at radius 1 is 1.21 bits per heavy atom. The Morgan fingerprint density at radius 3 is 2.68 bits per heavy atom. The molecule has 5 atom stereocenters. The van der Waals surface area contributed by atoms with E-state index < -0.39 is 29.8 Å². The highest BCUT2D eigenvalue weighted by atomic mass is 19.4. The van der Waals surface area contributed by atoms with E-state index in [1.54, 1.807) is 4.90 Å². The molecule has 0 unspecified atom stereocenters. The fourth-order valence-corrected chi connectivity index (χ4v) is 4.80. The molecule has 1 saturated carbocycles. The highest BCUT2D eigenvalue weighted by molar-refractivity contribution is 5.82. The van der Waals surface area contributed by atoms with Gasteiger partial charge in [-0.3, -0.25) is 4.79 Å². The molecule has 4 nitrogen and oxygen atoms in total. The number of nitrogens with zero attached hydrogens (tertiary/aromatic N) is 1. The number of fused-ring (bicyclic) bond motifs is 1. The Kier molecular flexibility index (Phi) is 4.97. The molecule has 28 heavy (non-hydrogen) atoms. The van der Waals surface area contributed by atoms with Crippen LogP contribution in [0.1, 0.15) is 24.8 Å². The molecule has 0 radical (unpaired) electrons. The van der Waals surface area contributed by atoms with Crippen LogP contribution in [0.25, 0.3) is 0 Å². The molecule has 0 spiro atoms. The molecular formula is C19H22F5N3O. The molecule has 1 amide bonds. The lowest BCUT2D eigenvalue weighted by atomic mass is 9.97. The second-order valence-electron chi connectivity index (χ2n) is 7.95. The summed E-state index contributed by atoms with van der Waals surface area (Å²) in [5, 5.41) is 5.82. The van der Waals surface area contributed by atoms with Gasteiger partial charge >= 0.3 is 6.18 Å². The van der Waals surface area contributed by atoms with Crippen molar-refractivity contribution < 1.29 is 26.7 Å². The highest BCUT2D eigenvalue weighted by Gasteiger charge is 2.45. The summed E-state index contributed by atoms with van der Waals surface area (Å²) in [6.07, 6.45) is -4.04. The van der Waals surface area contributed by atoms with Gasteiger partial charge in [-0.1, -0.05) is 6.07 Å². The smallest absolute Gasteiger partial charge is 0.369 e. The van der Waals surface area contributed by atoms with E-state index in [4.69, 9.17) is 0 Å². The largest absolute Gasteiger partial charge is 0.419 e. The highest BCUT2D eigenvalue weighted by Crippen LogP contribution is 2.42. The molecule has 1 aliphatic carbocycles. The van der Waals surface area contributed by atoms with Crippen molar-refractivity contribution in [3.05, 3.63) is 29.6 Å². The van der Waals surface area contributed by atoms with E-state index in [1.165, 1.54) is 12.1 Å². The number of alkyl halides is 4. The van der Waals surface area contributed by atoms with Crippen molar-refractivity contribution in [1.29, 1.82) is 0 Å². The number of carbonyl (C=O) groups is 1. The summed E-state index contributed by atoms with van der Waals surface area (Å²) in [6.45, 7) is 1.01. The van der Waals surface area contributed by atoms with Crippen LogP contribution in [0.2, 0.25) is 0 Å². The van der Waals surface area contributed by atoms with Crippen LogP contribution in [0.15, 0.2) is 18.2 Å². The van der Waals surface area contributed by atoms with E-state index in [0.717, 1.165) is 18.9 Å². The van der Waals surface area contributed by atoms with Gasteiger partial charge in [-0.05, 0) is 30.9 Å². The average Bonchev–Trinajstić information content (AvgIpc) is 3.31. The minimum Gasteiger partial charge on any atom is -0.369 e. The van der Waals surface area contributed by atoms with Crippen molar-refractivity contribution in [2.45, 2.75) is 43.7 Å². The van der Waals surface area contributed by atoms with Crippen LogP contribution < -0.4 is 15.5 Å². The number of hydrogen-bond acceptors (Lipinski definition) is 3. The fourth-order valence-electron chi connectivity index (χ4n) is 4.80. The maximum absolute atomic E-state index is 14.5. The first kappa shape index (κ1) is 19.4. The molecule has 2 N–H and O–H groups in total. The van der Waals surface area contributed by atoms with Crippen LogP contribution in [-0.4, -0.2) is 43.8 Å². The van der Waals surface area contributed by atoms with Crippen LogP contribution in [0.5, 0.6) is 0 Å². The molecule has 2 heterocycles. The van der Waals surface area contributed by atoms with Crippen LogP contribution in [0.3, 0.4) is 0 Å². The maximum atomic E-state index is 14.5. The van der Waals surface area contributed by atoms with Crippen molar-refractivity contribution in [3.63, 3.8) is 0 Å². The number of anilines is 1. The summed E-state index contributed by atoms with van der Waals surface area (Å²) >= 11 is 0.